The highest BCUT2D eigenvalue weighted by Crippen LogP contribution is 2.27. The number of nitrogens with one attached hydrogen (secondary N) is 1. The molecule has 2 aromatic carbocycles. The SMILES string of the molecule is CCOc1ccc(N2CC(C(=O)NCc3cccc(F)c3)CC2=O)cc1. The maximum Gasteiger partial charge on any atom is 0.227 e. The number of rotatable bonds is 6. The van der Waals surface area contributed by atoms with Crippen molar-refractivity contribution in [2.45, 2.75) is 19.9 Å². The molecule has 6 heteroatoms. The second-order valence-corrected chi connectivity index (χ2v) is 6.18. The van der Waals surface area contributed by atoms with E-state index in [9.17, 15) is 14.0 Å². The van der Waals surface area contributed by atoms with Crippen LogP contribution >= 0.6 is 0 Å². The van der Waals surface area contributed by atoms with Gasteiger partial charge < -0.3 is 15.0 Å². The van der Waals surface area contributed by atoms with E-state index in [4.69, 9.17) is 4.74 Å². The minimum Gasteiger partial charge on any atom is -0.494 e. The Morgan fingerprint density at radius 3 is 2.73 bits per heavy atom. The summed E-state index contributed by atoms with van der Waals surface area (Å²) in [5.41, 5.74) is 1.44. The van der Waals surface area contributed by atoms with Crippen LogP contribution < -0.4 is 15.0 Å². The lowest BCUT2D eigenvalue weighted by Crippen LogP contribution is -2.32. The third-order valence-electron chi connectivity index (χ3n) is 4.31. The Kier molecular flexibility index (Phi) is 5.51. The standard InChI is InChI=1S/C20H21FN2O3/c1-2-26-18-8-6-17(7-9-18)23-13-15(11-19(23)24)20(25)22-12-14-4-3-5-16(21)10-14/h3-10,15H,2,11-13H2,1H3,(H,22,25). The normalized spacial score (nSPS) is 16.6. The van der Waals surface area contributed by atoms with Crippen LogP contribution in [-0.2, 0) is 16.1 Å². The van der Waals surface area contributed by atoms with Crippen LogP contribution in [0.2, 0.25) is 0 Å². The molecule has 0 spiro atoms. The van der Waals surface area contributed by atoms with Gasteiger partial charge in [-0.1, -0.05) is 12.1 Å². The highest BCUT2D eigenvalue weighted by Gasteiger charge is 2.34. The fourth-order valence-corrected chi connectivity index (χ4v) is 3.00. The fraction of sp³-hybridized carbons (Fsp3) is 0.300. The molecule has 1 heterocycles. The molecule has 0 bridgehead atoms. The average Bonchev–Trinajstić information content (AvgIpc) is 3.03. The zero-order chi connectivity index (χ0) is 18.5. The lowest BCUT2D eigenvalue weighted by atomic mass is 10.1. The monoisotopic (exact) mass is 356 g/mol. The smallest absolute Gasteiger partial charge is 0.227 e. The Morgan fingerprint density at radius 2 is 2.04 bits per heavy atom. The number of nitrogens with zero attached hydrogens (tertiary/aromatic N) is 1. The van der Waals surface area contributed by atoms with Gasteiger partial charge in [-0.2, -0.15) is 0 Å². The van der Waals surface area contributed by atoms with E-state index in [-0.39, 0.29) is 30.6 Å². The summed E-state index contributed by atoms with van der Waals surface area (Å²) in [5, 5.41) is 2.78. The van der Waals surface area contributed by atoms with Crippen molar-refractivity contribution in [2.75, 3.05) is 18.1 Å². The Bertz CT molecular complexity index is 792. The van der Waals surface area contributed by atoms with E-state index in [2.05, 4.69) is 5.32 Å². The molecule has 26 heavy (non-hydrogen) atoms. The summed E-state index contributed by atoms with van der Waals surface area (Å²) < 4.78 is 18.6. The van der Waals surface area contributed by atoms with Crippen LogP contribution in [0.4, 0.5) is 10.1 Å². The zero-order valence-electron chi connectivity index (χ0n) is 14.6. The van der Waals surface area contributed by atoms with Crippen LogP contribution in [0, 0.1) is 11.7 Å². The summed E-state index contributed by atoms with van der Waals surface area (Å²) in [6, 6.07) is 13.3. The average molecular weight is 356 g/mol. The van der Waals surface area contributed by atoms with Gasteiger partial charge in [0.15, 0.2) is 0 Å². The number of halogens is 1. The van der Waals surface area contributed by atoms with Crippen molar-refractivity contribution in [1.82, 2.24) is 5.32 Å². The van der Waals surface area contributed by atoms with E-state index in [0.717, 1.165) is 11.4 Å². The van der Waals surface area contributed by atoms with Crippen LogP contribution in [0.3, 0.4) is 0 Å². The Hall–Kier alpha value is -2.89. The van der Waals surface area contributed by atoms with Crippen LogP contribution in [0.15, 0.2) is 48.5 Å². The molecule has 2 aromatic rings. The highest BCUT2D eigenvalue weighted by atomic mass is 19.1. The first-order valence-electron chi connectivity index (χ1n) is 8.62. The molecule has 1 atom stereocenters. The van der Waals surface area contributed by atoms with Gasteiger partial charge >= 0.3 is 0 Å². The molecular weight excluding hydrogens is 335 g/mol. The van der Waals surface area contributed by atoms with Crippen LogP contribution in [-0.4, -0.2) is 25.0 Å². The van der Waals surface area contributed by atoms with Crippen molar-refractivity contribution in [1.29, 1.82) is 0 Å². The first kappa shape index (κ1) is 17.9. The van der Waals surface area contributed by atoms with E-state index in [1.807, 2.05) is 31.2 Å². The largest absolute Gasteiger partial charge is 0.494 e. The Labute approximate surface area is 151 Å². The van der Waals surface area contributed by atoms with E-state index < -0.39 is 5.92 Å². The molecule has 0 saturated carbocycles. The third-order valence-corrected chi connectivity index (χ3v) is 4.31. The minimum atomic E-state index is -0.414. The first-order chi connectivity index (χ1) is 12.6. The number of anilines is 1. The molecule has 1 fully saturated rings. The van der Waals surface area contributed by atoms with E-state index >= 15 is 0 Å². The molecule has 3 rings (SSSR count). The summed E-state index contributed by atoms with van der Waals surface area (Å²) in [5.74, 6) is -0.291. The summed E-state index contributed by atoms with van der Waals surface area (Å²) in [6.07, 6.45) is 0.169. The summed E-state index contributed by atoms with van der Waals surface area (Å²) in [6.45, 7) is 3.06. The zero-order valence-corrected chi connectivity index (χ0v) is 14.6. The molecule has 1 saturated heterocycles. The molecule has 5 nitrogen and oxygen atoms in total. The van der Waals surface area contributed by atoms with Gasteiger partial charge in [0.25, 0.3) is 0 Å². The number of carbonyl (C=O) groups is 2. The molecule has 1 aliphatic rings. The van der Waals surface area contributed by atoms with Gasteiger partial charge in [0.05, 0.1) is 12.5 Å². The molecule has 1 N–H and O–H groups in total. The van der Waals surface area contributed by atoms with Gasteiger partial charge in [-0.15, -0.1) is 0 Å². The van der Waals surface area contributed by atoms with Crippen molar-refractivity contribution in [3.05, 3.63) is 59.9 Å². The van der Waals surface area contributed by atoms with Gasteiger partial charge in [0.1, 0.15) is 11.6 Å². The van der Waals surface area contributed by atoms with Gasteiger partial charge in [0, 0.05) is 25.2 Å². The Morgan fingerprint density at radius 1 is 1.27 bits per heavy atom. The van der Waals surface area contributed by atoms with Crippen LogP contribution in [0.5, 0.6) is 5.75 Å². The molecule has 1 unspecified atom stereocenters. The number of hydrogen-bond donors (Lipinski definition) is 1. The van der Waals surface area contributed by atoms with Crippen LogP contribution in [0.25, 0.3) is 0 Å². The topological polar surface area (TPSA) is 58.6 Å². The van der Waals surface area contributed by atoms with Crippen molar-refractivity contribution < 1.29 is 18.7 Å². The second-order valence-electron chi connectivity index (χ2n) is 6.18. The predicted molar refractivity (Wildman–Crippen MR) is 96.3 cm³/mol. The summed E-state index contributed by atoms with van der Waals surface area (Å²) >= 11 is 0. The summed E-state index contributed by atoms with van der Waals surface area (Å²) in [4.78, 5) is 26.3. The number of hydrogen-bond acceptors (Lipinski definition) is 3. The number of amides is 2. The van der Waals surface area contributed by atoms with Crippen molar-refractivity contribution in [2.24, 2.45) is 5.92 Å². The lowest BCUT2D eigenvalue weighted by Gasteiger charge is -2.17. The van der Waals surface area contributed by atoms with E-state index in [1.165, 1.54) is 12.1 Å². The molecular formula is C20H21FN2O3. The van der Waals surface area contributed by atoms with Gasteiger partial charge in [0.2, 0.25) is 11.8 Å². The first-order valence-corrected chi connectivity index (χ1v) is 8.62. The highest BCUT2D eigenvalue weighted by molar-refractivity contribution is 6.00. The van der Waals surface area contributed by atoms with E-state index in [1.54, 1.807) is 17.0 Å². The predicted octanol–water partition coefficient (Wildman–Crippen LogP) is 2.89. The second kappa shape index (κ2) is 7.99. The summed E-state index contributed by atoms with van der Waals surface area (Å²) in [7, 11) is 0. The quantitative estimate of drug-likeness (QED) is 0.866. The molecule has 0 aromatic heterocycles. The van der Waals surface area contributed by atoms with Crippen molar-refractivity contribution in [3.8, 4) is 5.75 Å². The van der Waals surface area contributed by atoms with Gasteiger partial charge in [-0.3, -0.25) is 9.59 Å². The number of benzene rings is 2. The number of carbonyl (C=O) groups excluding carboxylic acids is 2. The molecule has 0 radical (unpaired) electrons. The molecule has 1 aliphatic heterocycles. The lowest BCUT2D eigenvalue weighted by molar-refractivity contribution is -0.126. The van der Waals surface area contributed by atoms with Crippen molar-refractivity contribution >= 4 is 17.5 Å². The van der Waals surface area contributed by atoms with Gasteiger partial charge in [-0.25, -0.2) is 4.39 Å². The molecule has 136 valence electrons. The van der Waals surface area contributed by atoms with E-state index in [0.29, 0.717) is 18.7 Å². The number of ether oxygens (including phenoxy) is 1. The maximum atomic E-state index is 13.2. The van der Waals surface area contributed by atoms with Crippen LogP contribution in [0.1, 0.15) is 18.9 Å². The minimum absolute atomic E-state index is 0.0833. The molecule has 2 amide bonds. The Balaban J connectivity index is 1.58. The fourth-order valence-electron chi connectivity index (χ4n) is 3.00. The van der Waals surface area contributed by atoms with Gasteiger partial charge in [-0.05, 0) is 48.9 Å². The molecule has 0 aliphatic carbocycles. The van der Waals surface area contributed by atoms with Crippen molar-refractivity contribution in [3.63, 3.8) is 0 Å². The maximum absolute atomic E-state index is 13.2. The third kappa shape index (κ3) is 4.20.